The molecule has 1 aromatic heterocycles. The lowest BCUT2D eigenvalue weighted by Crippen LogP contribution is -2.42. The molecule has 0 radical (unpaired) electrons. The Morgan fingerprint density at radius 1 is 0.897 bits per heavy atom. The topological polar surface area (TPSA) is 141 Å². The number of ether oxygens (including phenoxy) is 1. The highest BCUT2D eigenvalue weighted by molar-refractivity contribution is 7.52. The summed E-state index contributed by atoms with van der Waals surface area (Å²) in [5, 5.41) is 17.4. The number of aryl methyl sites for hydroxylation is 1. The second-order valence-electron chi connectivity index (χ2n) is 13.5. The summed E-state index contributed by atoms with van der Waals surface area (Å²) in [5.74, 6) is -3.93. The van der Waals surface area contributed by atoms with Crippen molar-refractivity contribution < 1.29 is 37.0 Å². The maximum absolute atomic E-state index is 15.2. The van der Waals surface area contributed by atoms with Crippen molar-refractivity contribution in [1.82, 2.24) is 20.0 Å². The van der Waals surface area contributed by atoms with E-state index in [9.17, 15) is 19.3 Å². The van der Waals surface area contributed by atoms with Crippen molar-refractivity contribution in [2.75, 3.05) is 19.7 Å². The van der Waals surface area contributed by atoms with Crippen LogP contribution in [-0.2, 0) is 18.6 Å². The smallest absolute Gasteiger partial charge is 0.413 e. The summed E-state index contributed by atoms with van der Waals surface area (Å²) in [6, 6.07) is 13.7. The third-order valence-electron chi connectivity index (χ3n) is 8.87. The predicted octanol–water partition coefficient (Wildman–Crippen LogP) is 8.99. The lowest BCUT2D eigenvalue weighted by molar-refractivity contribution is -0.140. The minimum absolute atomic E-state index is 0.0564. The molecule has 2 aromatic carbocycles. The van der Waals surface area contributed by atoms with E-state index in [0.29, 0.717) is 22.1 Å². The molecular weight excluding hydrogens is 765 g/mol. The molecule has 1 aliphatic heterocycles. The number of aliphatic hydroxyl groups is 1. The van der Waals surface area contributed by atoms with E-state index in [-0.39, 0.29) is 31.2 Å². The van der Waals surface area contributed by atoms with Crippen molar-refractivity contribution in [2.45, 2.75) is 89.6 Å². The van der Waals surface area contributed by atoms with Crippen molar-refractivity contribution in [3.63, 3.8) is 0 Å². The van der Waals surface area contributed by atoms with Gasteiger partial charge in [0.2, 0.25) is 12.1 Å². The van der Waals surface area contributed by atoms with E-state index in [2.05, 4.69) is 83.1 Å². The Morgan fingerprint density at radius 2 is 1.50 bits per heavy atom. The van der Waals surface area contributed by atoms with Gasteiger partial charge in [0.1, 0.15) is 11.9 Å². The van der Waals surface area contributed by atoms with Gasteiger partial charge in [-0.25, -0.2) is 14.4 Å². The second kappa shape index (κ2) is 24.2. The number of alkyl halides is 2. The van der Waals surface area contributed by atoms with Gasteiger partial charge in [-0.1, -0.05) is 116 Å². The molecule has 312 valence electrons. The number of carbonyl (C=O) groups excluding carboxylic acids is 1. The fraction of sp³-hybridized carbons (Fsp3) is 0.386. The molecule has 0 saturated carbocycles. The number of fused-ring (bicyclic) bond motifs is 1. The SMILES string of the molecule is CC/C=C\C/C=C\C/C=C\C/C=C\C/C=C\C/C=C\CCC(=O)NCCNP(=O)(OC[C@H]1O[C@@H](n2ccc(C)nc2=O)C(F)(F)[C@@H]1O)Oc1cccc2ccccc12. The highest BCUT2D eigenvalue weighted by Crippen LogP contribution is 2.48. The van der Waals surface area contributed by atoms with Crippen LogP contribution >= 0.6 is 7.75 Å². The first-order valence-electron chi connectivity index (χ1n) is 19.6. The third kappa shape index (κ3) is 14.9. The van der Waals surface area contributed by atoms with Gasteiger partial charge in [0.25, 0.3) is 0 Å². The number of halogens is 2. The average Bonchev–Trinajstić information content (AvgIpc) is 3.43. The molecule has 4 rings (SSSR count). The molecule has 1 fully saturated rings. The first kappa shape index (κ1) is 45.9. The molecule has 4 atom stereocenters. The van der Waals surface area contributed by atoms with Gasteiger partial charge >= 0.3 is 19.4 Å². The average molecular weight is 821 g/mol. The number of hydrogen-bond donors (Lipinski definition) is 3. The van der Waals surface area contributed by atoms with Crippen LogP contribution in [0.1, 0.15) is 70.2 Å². The zero-order valence-corrected chi connectivity index (χ0v) is 34.0. The Hall–Kier alpha value is -4.78. The van der Waals surface area contributed by atoms with Crippen LogP contribution in [0.5, 0.6) is 5.75 Å². The molecule has 3 aromatic rings. The molecule has 1 saturated heterocycles. The van der Waals surface area contributed by atoms with Gasteiger partial charge in [-0.3, -0.25) is 13.9 Å². The zero-order valence-electron chi connectivity index (χ0n) is 33.1. The van der Waals surface area contributed by atoms with Crippen molar-refractivity contribution >= 4 is 24.4 Å². The number of nitrogens with one attached hydrogen (secondary N) is 2. The van der Waals surface area contributed by atoms with Gasteiger partial charge < -0.3 is 19.7 Å². The van der Waals surface area contributed by atoms with Gasteiger partial charge in [0, 0.05) is 36.8 Å². The molecule has 1 unspecified atom stereocenters. The first-order valence-corrected chi connectivity index (χ1v) is 21.2. The fourth-order valence-corrected chi connectivity index (χ4v) is 7.16. The molecular formula is C44H55F2N4O7P. The largest absolute Gasteiger partial charge is 0.458 e. The quantitative estimate of drug-likeness (QED) is 0.0459. The Bertz CT molecular complexity index is 2040. The van der Waals surface area contributed by atoms with E-state index in [1.807, 2.05) is 30.4 Å². The number of aliphatic hydroxyl groups excluding tert-OH is 1. The summed E-state index contributed by atoms with van der Waals surface area (Å²) in [6.07, 6.45) is 26.6. The van der Waals surface area contributed by atoms with Crippen LogP contribution in [0.15, 0.2) is 132 Å². The minimum atomic E-state index is -4.34. The number of hydrogen-bond acceptors (Lipinski definition) is 8. The van der Waals surface area contributed by atoms with Crippen LogP contribution in [0.3, 0.4) is 0 Å². The van der Waals surface area contributed by atoms with E-state index >= 15 is 8.78 Å². The molecule has 0 bridgehead atoms. The Morgan fingerprint density at radius 3 is 2.14 bits per heavy atom. The van der Waals surface area contributed by atoms with E-state index in [1.165, 1.54) is 13.0 Å². The highest BCUT2D eigenvalue weighted by atomic mass is 31.2. The number of nitrogens with zero attached hydrogens (tertiary/aromatic N) is 2. The van der Waals surface area contributed by atoms with Gasteiger partial charge in [-0.15, -0.1) is 0 Å². The standard InChI is InChI=1S/C44H55F2N4O7P/c1-3-4-5-6-7-8-9-10-11-12-13-14-15-16-17-18-19-20-21-29-40(51)47-31-32-48-58(54,57-38-28-24-26-36-25-22-23-27-37(36)38)55-34-39-41(52)44(45,46)42(56-39)50-33-30-35(2)49-43(50)53/h4-5,7-8,10-11,13-14,16-17,19-20,22-28,30,33,39,41-42,52H,3,6,9,12,15,18,21,29,31-32,34H2,1-2H3,(H,47,51)(H,48,54)/b5-4-,8-7-,11-10-,14-13-,17-16-,20-19-/t39-,41-,42-,58?/m1/s1. The molecule has 11 nitrogen and oxygen atoms in total. The van der Waals surface area contributed by atoms with Crippen LogP contribution < -0.4 is 20.6 Å². The van der Waals surface area contributed by atoms with Crippen molar-refractivity contribution in [3.05, 3.63) is 144 Å². The van der Waals surface area contributed by atoms with Gasteiger partial charge in [0.05, 0.1) is 6.61 Å². The molecule has 1 amide bonds. The van der Waals surface area contributed by atoms with Crippen LogP contribution in [-0.4, -0.2) is 58.4 Å². The van der Waals surface area contributed by atoms with Crippen molar-refractivity contribution in [2.24, 2.45) is 0 Å². The van der Waals surface area contributed by atoms with Crippen molar-refractivity contribution in [1.29, 1.82) is 0 Å². The molecule has 2 heterocycles. The van der Waals surface area contributed by atoms with Crippen LogP contribution in [0.4, 0.5) is 8.78 Å². The number of carbonyl (C=O) groups is 1. The number of benzene rings is 2. The summed E-state index contributed by atoms with van der Waals surface area (Å²) < 4.78 is 62.0. The van der Waals surface area contributed by atoms with Crippen molar-refractivity contribution in [3.8, 4) is 5.75 Å². The monoisotopic (exact) mass is 820 g/mol. The maximum atomic E-state index is 15.2. The van der Waals surface area contributed by atoms with E-state index in [0.717, 1.165) is 50.1 Å². The second-order valence-corrected chi connectivity index (χ2v) is 15.2. The lowest BCUT2D eigenvalue weighted by Gasteiger charge is -2.23. The lowest BCUT2D eigenvalue weighted by atomic mass is 10.1. The van der Waals surface area contributed by atoms with E-state index < -0.39 is 44.4 Å². The Kier molecular flexibility index (Phi) is 19.2. The molecule has 3 N–H and O–H groups in total. The van der Waals surface area contributed by atoms with Crippen LogP contribution in [0, 0.1) is 6.92 Å². The summed E-state index contributed by atoms with van der Waals surface area (Å²) in [5.41, 5.74) is -0.661. The summed E-state index contributed by atoms with van der Waals surface area (Å²) >= 11 is 0. The molecule has 58 heavy (non-hydrogen) atoms. The molecule has 0 spiro atoms. The van der Waals surface area contributed by atoms with Crippen LogP contribution in [0.2, 0.25) is 0 Å². The van der Waals surface area contributed by atoms with Crippen LogP contribution in [0.25, 0.3) is 10.8 Å². The predicted molar refractivity (Wildman–Crippen MR) is 225 cm³/mol. The van der Waals surface area contributed by atoms with E-state index in [4.69, 9.17) is 13.8 Å². The van der Waals surface area contributed by atoms with E-state index in [1.54, 1.807) is 24.3 Å². The molecule has 0 aliphatic carbocycles. The van der Waals surface area contributed by atoms with Gasteiger partial charge in [-0.2, -0.15) is 13.8 Å². The number of aromatic nitrogens is 2. The fourth-order valence-electron chi connectivity index (χ4n) is 5.80. The maximum Gasteiger partial charge on any atom is 0.458 e. The minimum Gasteiger partial charge on any atom is -0.413 e. The van der Waals surface area contributed by atoms with Gasteiger partial charge in [-0.05, 0) is 69.4 Å². The summed E-state index contributed by atoms with van der Waals surface area (Å²) in [4.78, 5) is 28.5. The normalized spacial score (nSPS) is 19.5. The van der Waals surface area contributed by atoms with Gasteiger partial charge in [0.15, 0.2) is 6.10 Å². The molecule has 14 heteroatoms. The number of allylic oxidation sites excluding steroid dienone is 12. The summed E-state index contributed by atoms with van der Waals surface area (Å²) in [7, 11) is -4.34. The zero-order chi connectivity index (χ0) is 41.6. The molecule has 1 aliphatic rings. The third-order valence-corrected chi connectivity index (χ3v) is 10.4. The first-order chi connectivity index (χ1) is 28.0. The Labute approximate surface area is 339 Å². The Balaban J connectivity index is 1.21. The summed E-state index contributed by atoms with van der Waals surface area (Å²) in [6.45, 7) is 2.87. The highest BCUT2D eigenvalue weighted by Gasteiger charge is 2.60. The number of rotatable bonds is 24. The number of amides is 1.